The van der Waals surface area contributed by atoms with Crippen molar-refractivity contribution in [2.45, 2.75) is 20.8 Å². The Labute approximate surface area is 97.1 Å². The molecule has 0 N–H and O–H groups in total. The highest BCUT2D eigenvalue weighted by molar-refractivity contribution is 9.09. The van der Waals surface area contributed by atoms with Gasteiger partial charge in [0, 0.05) is 25.0 Å². The predicted octanol–water partition coefficient (Wildman–Crippen LogP) is 2.62. The third-order valence-corrected chi connectivity index (χ3v) is 3.34. The van der Waals surface area contributed by atoms with E-state index in [1.165, 1.54) is 0 Å². The van der Waals surface area contributed by atoms with E-state index in [9.17, 15) is 0 Å². The van der Waals surface area contributed by atoms with Crippen molar-refractivity contribution >= 4 is 15.9 Å². The normalized spacial score (nSPS) is 13.9. The van der Waals surface area contributed by atoms with Gasteiger partial charge in [-0.15, -0.1) is 0 Å². The van der Waals surface area contributed by atoms with Gasteiger partial charge < -0.3 is 9.64 Å². The number of hydrogen-bond donors (Lipinski definition) is 0. The Bertz CT molecular complexity index is 130. The van der Waals surface area contributed by atoms with E-state index in [2.05, 4.69) is 41.7 Å². The average Bonchev–Trinajstić information content (AvgIpc) is 2.14. The Hall–Kier alpha value is 0.400. The summed E-state index contributed by atoms with van der Waals surface area (Å²) in [7, 11) is 2.16. The number of likely N-dealkylation sites (N-methyl/N-ethyl adjacent to an activating group) is 1. The molecule has 1 unspecified atom stereocenters. The maximum Gasteiger partial charge on any atom is 0.0593 e. The molecule has 86 valence electrons. The molecule has 0 saturated heterocycles. The topological polar surface area (TPSA) is 12.5 Å². The molecule has 2 nitrogen and oxygen atoms in total. The van der Waals surface area contributed by atoms with Crippen LogP contribution in [0.3, 0.4) is 0 Å². The molecule has 14 heavy (non-hydrogen) atoms. The molecule has 0 saturated carbocycles. The van der Waals surface area contributed by atoms with Crippen molar-refractivity contribution in [1.29, 1.82) is 0 Å². The lowest BCUT2D eigenvalue weighted by Crippen LogP contribution is -2.31. The smallest absolute Gasteiger partial charge is 0.0593 e. The van der Waals surface area contributed by atoms with Gasteiger partial charge in [0.15, 0.2) is 0 Å². The van der Waals surface area contributed by atoms with Crippen LogP contribution in [0.25, 0.3) is 0 Å². The van der Waals surface area contributed by atoms with Crippen LogP contribution < -0.4 is 0 Å². The lowest BCUT2D eigenvalue weighted by atomic mass is 9.98. The number of ether oxygens (including phenoxy) is 1. The van der Waals surface area contributed by atoms with Gasteiger partial charge in [-0.05, 0) is 25.8 Å². The summed E-state index contributed by atoms with van der Waals surface area (Å²) in [6.07, 6.45) is 0. The molecule has 3 heteroatoms. The molecule has 0 bridgehead atoms. The highest BCUT2D eigenvalue weighted by atomic mass is 79.9. The monoisotopic (exact) mass is 265 g/mol. The second-order valence-corrected chi connectivity index (χ2v) is 4.77. The highest BCUT2D eigenvalue weighted by Gasteiger charge is 2.13. The highest BCUT2D eigenvalue weighted by Crippen LogP contribution is 2.14. The molecule has 0 aliphatic heterocycles. The minimum atomic E-state index is 0.738. The third kappa shape index (κ3) is 6.80. The molecule has 0 aromatic heterocycles. The number of hydrogen-bond acceptors (Lipinski definition) is 2. The van der Waals surface area contributed by atoms with E-state index in [4.69, 9.17) is 4.74 Å². The largest absolute Gasteiger partial charge is 0.380 e. The minimum absolute atomic E-state index is 0.738. The Balaban J connectivity index is 3.62. The first-order valence-electron chi connectivity index (χ1n) is 5.44. The second kappa shape index (κ2) is 8.69. The first-order chi connectivity index (χ1) is 6.61. The average molecular weight is 266 g/mol. The molecule has 0 spiro atoms. The van der Waals surface area contributed by atoms with Crippen LogP contribution in [0, 0.1) is 11.8 Å². The summed E-state index contributed by atoms with van der Waals surface area (Å²) in [4.78, 5) is 2.35. The molecule has 0 rings (SSSR count). The Morgan fingerprint density at radius 3 is 2.43 bits per heavy atom. The van der Waals surface area contributed by atoms with Gasteiger partial charge >= 0.3 is 0 Å². The van der Waals surface area contributed by atoms with Crippen LogP contribution in [-0.2, 0) is 4.74 Å². The summed E-state index contributed by atoms with van der Waals surface area (Å²) < 4.78 is 5.33. The van der Waals surface area contributed by atoms with Gasteiger partial charge in [-0.2, -0.15) is 0 Å². The van der Waals surface area contributed by atoms with Crippen LogP contribution in [0.4, 0.5) is 0 Å². The fourth-order valence-electron chi connectivity index (χ4n) is 1.29. The lowest BCUT2D eigenvalue weighted by molar-refractivity contribution is 0.115. The fraction of sp³-hybridized carbons (Fsp3) is 1.00. The van der Waals surface area contributed by atoms with E-state index in [0.29, 0.717) is 0 Å². The van der Waals surface area contributed by atoms with Crippen molar-refractivity contribution in [3.05, 3.63) is 0 Å². The molecule has 0 fully saturated rings. The van der Waals surface area contributed by atoms with Crippen LogP contribution in [0.5, 0.6) is 0 Å². The Kier molecular flexibility index (Phi) is 8.94. The van der Waals surface area contributed by atoms with Gasteiger partial charge in [-0.25, -0.2) is 0 Å². The zero-order valence-electron chi connectivity index (χ0n) is 9.92. The van der Waals surface area contributed by atoms with E-state index in [0.717, 1.165) is 43.5 Å². The van der Waals surface area contributed by atoms with Crippen LogP contribution >= 0.6 is 15.9 Å². The van der Waals surface area contributed by atoms with Gasteiger partial charge in [0.25, 0.3) is 0 Å². The number of rotatable bonds is 8. The van der Waals surface area contributed by atoms with E-state index in [1.54, 1.807) is 0 Å². The molecule has 0 heterocycles. The predicted molar refractivity (Wildman–Crippen MR) is 66.1 cm³/mol. The van der Waals surface area contributed by atoms with E-state index < -0.39 is 0 Å². The quantitative estimate of drug-likeness (QED) is 0.494. The van der Waals surface area contributed by atoms with Crippen molar-refractivity contribution in [3.8, 4) is 0 Å². The minimum Gasteiger partial charge on any atom is -0.380 e. The molecule has 1 atom stereocenters. The summed E-state index contributed by atoms with van der Waals surface area (Å²) in [5.41, 5.74) is 0. The molecular formula is C11H24BrNO. The second-order valence-electron chi connectivity index (χ2n) is 4.12. The van der Waals surface area contributed by atoms with Crippen molar-refractivity contribution in [2.24, 2.45) is 11.8 Å². The first kappa shape index (κ1) is 14.4. The van der Waals surface area contributed by atoms with Crippen LogP contribution in [0.1, 0.15) is 20.8 Å². The van der Waals surface area contributed by atoms with Crippen molar-refractivity contribution < 1.29 is 4.74 Å². The zero-order valence-corrected chi connectivity index (χ0v) is 11.5. The summed E-state index contributed by atoms with van der Waals surface area (Å²) in [6.45, 7) is 10.4. The zero-order chi connectivity index (χ0) is 11.0. The van der Waals surface area contributed by atoms with Gasteiger partial charge in [0.05, 0.1) is 6.61 Å². The van der Waals surface area contributed by atoms with Gasteiger partial charge in [-0.3, -0.25) is 0 Å². The van der Waals surface area contributed by atoms with E-state index in [-0.39, 0.29) is 0 Å². The van der Waals surface area contributed by atoms with E-state index in [1.807, 2.05) is 6.92 Å². The van der Waals surface area contributed by atoms with Crippen molar-refractivity contribution in [1.82, 2.24) is 4.90 Å². The Morgan fingerprint density at radius 1 is 1.36 bits per heavy atom. The maximum absolute atomic E-state index is 5.33. The number of alkyl halides is 1. The van der Waals surface area contributed by atoms with Crippen molar-refractivity contribution in [3.63, 3.8) is 0 Å². The summed E-state index contributed by atoms with van der Waals surface area (Å²) in [6, 6.07) is 0. The van der Waals surface area contributed by atoms with Gasteiger partial charge in [-0.1, -0.05) is 29.8 Å². The van der Waals surface area contributed by atoms with Crippen LogP contribution in [0.15, 0.2) is 0 Å². The van der Waals surface area contributed by atoms with Crippen molar-refractivity contribution in [2.75, 3.05) is 38.7 Å². The molecule has 0 aliphatic carbocycles. The summed E-state index contributed by atoms with van der Waals surface area (Å²) >= 11 is 3.57. The van der Waals surface area contributed by atoms with Crippen LogP contribution in [0.2, 0.25) is 0 Å². The summed E-state index contributed by atoms with van der Waals surface area (Å²) in [5, 5.41) is 1.09. The molecule has 0 amide bonds. The standard InChI is InChI=1S/C11H24BrNO/c1-5-14-7-6-13(4)9-11(8-12)10(2)3/h10-11H,5-9H2,1-4H3. The number of halogens is 1. The lowest BCUT2D eigenvalue weighted by Gasteiger charge is -2.25. The van der Waals surface area contributed by atoms with Gasteiger partial charge in [0.2, 0.25) is 0 Å². The first-order valence-corrected chi connectivity index (χ1v) is 6.56. The Morgan fingerprint density at radius 2 is 2.00 bits per heavy atom. The van der Waals surface area contributed by atoms with Crippen LogP contribution in [-0.4, -0.2) is 43.6 Å². The number of nitrogens with zero attached hydrogens (tertiary/aromatic N) is 1. The molecule has 0 radical (unpaired) electrons. The maximum atomic E-state index is 5.33. The van der Waals surface area contributed by atoms with E-state index >= 15 is 0 Å². The summed E-state index contributed by atoms with van der Waals surface area (Å²) in [5.74, 6) is 1.48. The fourth-order valence-corrected chi connectivity index (χ4v) is 2.25. The molecular weight excluding hydrogens is 242 g/mol. The SMILES string of the molecule is CCOCCN(C)CC(CBr)C(C)C. The molecule has 0 aromatic carbocycles. The molecule has 0 aliphatic rings. The van der Waals surface area contributed by atoms with Gasteiger partial charge in [0.1, 0.15) is 0 Å². The third-order valence-electron chi connectivity index (χ3n) is 2.51. The molecule has 0 aromatic rings.